The van der Waals surface area contributed by atoms with E-state index in [4.69, 9.17) is 21.1 Å². The minimum absolute atomic E-state index is 0.184. The standard InChI is InChI=1S/C17H18ClNO4/c1-3-22-16(20)15(17(21)23-4-2)12-7-8-14(13(18)11-12)19-9-5-6-10-19/h5-11,15H,3-4H2,1-2H3. The molecule has 23 heavy (non-hydrogen) atoms. The Balaban J connectivity index is 2.37. The van der Waals surface area contributed by atoms with Crippen molar-refractivity contribution in [1.82, 2.24) is 4.57 Å². The molecule has 1 aromatic carbocycles. The van der Waals surface area contributed by atoms with Crippen molar-refractivity contribution in [2.45, 2.75) is 19.8 Å². The molecule has 0 radical (unpaired) electrons. The van der Waals surface area contributed by atoms with Crippen LogP contribution in [0.25, 0.3) is 5.69 Å². The second kappa shape index (κ2) is 7.83. The molecule has 0 unspecified atom stereocenters. The van der Waals surface area contributed by atoms with Gasteiger partial charge in [-0.1, -0.05) is 17.7 Å². The van der Waals surface area contributed by atoms with Crippen molar-refractivity contribution in [2.75, 3.05) is 13.2 Å². The molecule has 0 N–H and O–H groups in total. The van der Waals surface area contributed by atoms with Crippen LogP contribution in [-0.2, 0) is 19.1 Å². The van der Waals surface area contributed by atoms with Crippen molar-refractivity contribution >= 4 is 23.5 Å². The van der Waals surface area contributed by atoms with E-state index in [2.05, 4.69) is 0 Å². The summed E-state index contributed by atoms with van der Waals surface area (Å²) in [6, 6.07) is 8.78. The Morgan fingerprint density at radius 3 is 2.13 bits per heavy atom. The van der Waals surface area contributed by atoms with Gasteiger partial charge in [0.15, 0.2) is 5.92 Å². The summed E-state index contributed by atoms with van der Waals surface area (Å²) in [5.41, 5.74) is 1.20. The molecule has 0 saturated carbocycles. The molecule has 0 atom stereocenters. The molecule has 0 aliphatic heterocycles. The summed E-state index contributed by atoms with van der Waals surface area (Å²) in [6.07, 6.45) is 3.71. The average molecular weight is 336 g/mol. The molecule has 1 heterocycles. The average Bonchev–Trinajstić information content (AvgIpc) is 3.02. The lowest BCUT2D eigenvalue weighted by atomic mass is 9.99. The predicted molar refractivity (Wildman–Crippen MR) is 86.8 cm³/mol. The van der Waals surface area contributed by atoms with Crippen molar-refractivity contribution in [3.05, 3.63) is 53.3 Å². The largest absolute Gasteiger partial charge is 0.465 e. The van der Waals surface area contributed by atoms with E-state index in [9.17, 15) is 9.59 Å². The monoisotopic (exact) mass is 335 g/mol. The third-order valence-electron chi connectivity index (χ3n) is 3.23. The van der Waals surface area contributed by atoms with Crippen LogP contribution in [-0.4, -0.2) is 29.7 Å². The molecule has 122 valence electrons. The molecular weight excluding hydrogens is 318 g/mol. The summed E-state index contributed by atoms with van der Waals surface area (Å²) < 4.78 is 11.8. The Labute approximate surface area is 139 Å². The van der Waals surface area contributed by atoms with Gasteiger partial charge in [0.1, 0.15) is 0 Å². The van der Waals surface area contributed by atoms with Crippen molar-refractivity contribution in [3.8, 4) is 5.69 Å². The van der Waals surface area contributed by atoms with Gasteiger partial charge >= 0.3 is 11.9 Å². The van der Waals surface area contributed by atoms with E-state index < -0.39 is 17.9 Å². The van der Waals surface area contributed by atoms with Crippen molar-refractivity contribution < 1.29 is 19.1 Å². The van der Waals surface area contributed by atoms with Crippen LogP contribution >= 0.6 is 11.6 Å². The van der Waals surface area contributed by atoms with Crippen LogP contribution in [0.1, 0.15) is 25.3 Å². The highest BCUT2D eigenvalue weighted by Gasteiger charge is 2.31. The van der Waals surface area contributed by atoms with E-state index in [-0.39, 0.29) is 13.2 Å². The molecule has 5 nitrogen and oxygen atoms in total. The Kier molecular flexibility index (Phi) is 5.82. The smallest absolute Gasteiger partial charge is 0.324 e. The molecule has 2 rings (SSSR count). The zero-order valence-electron chi connectivity index (χ0n) is 13.0. The molecule has 0 amide bonds. The van der Waals surface area contributed by atoms with Gasteiger partial charge in [0.25, 0.3) is 0 Å². The fraction of sp³-hybridized carbons (Fsp3) is 0.294. The van der Waals surface area contributed by atoms with Crippen LogP contribution in [0.3, 0.4) is 0 Å². The van der Waals surface area contributed by atoms with Crippen molar-refractivity contribution in [1.29, 1.82) is 0 Å². The van der Waals surface area contributed by atoms with E-state index in [0.29, 0.717) is 10.6 Å². The summed E-state index contributed by atoms with van der Waals surface area (Å²) in [7, 11) is 0. The first-order chi connectivity index (χ1) is 11.1. The number of carbonyl (C=O) groups excluding carboxylic acids is 2. The molecular formula is C17H18ClNO4. The van der Waals surface area contributed by atoms with Crippen LogP contribution in [0.4, 0.5) is 0 Å². The maximum Gasteiger partial charge on any atom is 0.324 e. The number of rotatable bonds is 6. The Morgan fingerprint density at radius 2 is 1.65 bits per heavy atom. The maximum absolute atomic E-state index is 12.1. The number of benzene rings is 1. The van der Waals surface area contributed by atoms with Gasteiger partial charge in [-0.05, 0) is 43.7 Å². The summed E-state index contributed by atoms with van der Waals surface area (Å²) in [5.74, 6) is -2.42. The van der Waals surface area contributed by atoms with Crippen LogP contribution in [0.15, 0.2) is 42.7 Å². The quantitative estimate of drug-likeness (QED) is 0.600. The fourth-order valence-electron chi connectivity index (χ4n) is 2.23. The topological polar surface area (TPSA) is 57.5 Å². The maximum atomic E-state index is 12.1. The fourth-order valence-corrected chi connectivity index (χ4v) is 2.51. The lowest BCUT2D eigenvalue weighted by Gasteiger charge is -2.16. The molecule has 0 spiro atoms. The van der Waals surface area contributed by atoms with Gasteiger partial charge in [-0.15, -0.1) is 0 Å². The number of hydrogen-bond donors (Lipinski definition) is 0. The second-order valence-corrected chi connectivity index (χ2v) is 5.15. The molecule has 0 aliphatic carbocycles. The van der Waals surface area contributed by atoms with E-state index in [0.717, 1.165) is 5.69 Å². The van der Waals surface area contributed by atoms with Gasteiger partial charge in [0, 0.05) is 12.4 Å². The summed E-state index contributed by atoms with van der Waals surface area (Å²) in [4.78, 5) is 24.2. The lowest BCUT2D eigenvalue weighted by molar-refractivity contribution is -0.156. The first-order valence-corrected chi connectivity index (χ1v) is 7.72. The Hall–Kier alpha value is -2.27. The molecule has 0 aliphatic rings. The van der Waals surface area contributed by atoms with Crippen LogP contribution in [0.5, 0.6) is 0 Å². The third kappa shape index (κ3) is 3.93. The van der Waals surface area contributed by atoms with Crippen LogP contribution in [0.2, 0.25) is 5.02 Å². The number of halogens is 1. The first-order valence-electron chi connectivity index (χ1n) is 7.34. The van der Waals surface area contributed by atoms with Gasteiger partial charge < -0.3 is 14.0 Å². The normalized spacial score (nSPS) is 10.6. The zero-order valence-corrected chi connectivity index (χ0v) is 13.7. The number of ether oxygens (including phenoxy) is 2. The highest BCUT2D eigenvalue weighted by atomic mass is 35.5. The van der Waals surface area contributed by atoms with E-state index in [1.54, 1.807) is 32.0 Å². The Bertz CT molecular complexity index is 664. The van der Waals surface area contributed by atoms with Crippen LogP contribution < -0.4 is 0 Å². The predicted octanol–water partition coefficient (Wildman–Crippen LogP) is 3.34. The highest BCUT2D eigenvalue weighted by molar-refractivity contribution is 6.32. The molecule has 0 saturated heterocycles. The van der Waals surface area contributed by atoms with Gasteiger partial charge in [-0.3, -0.25) is 9.59 Å². The van der Waals surface area contributed by atoms with Gasteiger partial charge in [-0.25, -0.2) is 0 Å². The van der Waals surface area contributed by atoms with Crippen LogP contribution in [0, 0.1) is 0 Å². The lowest BCUT2D eigenvalue weighted by Crippen LogP contribution is -2.26. The molecule has 2 aromatic rings. The number of carbonyl (C=O) groups is 2. The van der Waals surface area contributed by atoms with E-state index in [1.165, 1.54) is 0 Å². The third-order valence-corrected chi connectivity index (χ3v) is 3.54. The van der Waals surface area contributed by atoms with E-state index in [1.807, 2.05) is 29.1 Å². The molecule has 0 fully saturated rings. The highest BCUT2D eigenvalue weighted by Crippen LogP contribution is 2.27. The molecule has 0 bridgehead atoms. The zero-order chi connectivity index (χ0) is 16.8. The number of aromatic nitrogens is 1. The van der Waals surface area contributed by atoms with Gasteiger partial charge in [0.2, 0.25) is 0 Å². The summed E-state index contributed by atoms with van der Waals surface area (Å²) in [5, 5.41) is 0.428. The second-order valence-electron chi connectivity index (χ2n) is 4.74. The Morgan fingerprint density at radius 1 is 1.09 bits per heavy atom. The summed E-state index contributed by atoms with van der Waals surface area (Å²) in [6.45, 7) is 3.73. The first kappa shape index (κ1) is 17.1. The number of esters is 2. The SMILES string of the molecule is CCOC(=O)C(C(=O)OCC)c1ccc(-n2cccc2)c(Cl)c1. The number of hydrogen-bond acceptors (Lipinski definition) is 4. The minimum Gasteiger partial charge on any atom is -0.465 e. The summed E-state index contributed by atoms with van der Waals surface area (Å²) >= 11 is 6.30. The van der Waals surface area contributed by atoms with Crippen molar-refractivity contribution in [2.24, 2.45) is 0 Å². The molecule has 6 heteroatoms. The molecule has 1 aromatic heterocycles. The number of nitrogens with zero attached hydrogens (tertiary/aromatic N) is 1. The van der Waals surface area contributed by atoms with E-state index >= 15 is 0 Å². The van der Waals surface area contributed by atoms with Crippen molar-refractivity contribution in [3.63, 3.8) is 0 Å². The minimum atomic E-state index is -1.13. The van der Waals surface area contributed by atoms with Gasteiger partial charge in [0.05, 0.1) is 23.9 Å². The van der Waals surface area contributed by atoms with Gasteiger partial charge in [-0.2, -0.15) is 0 Å².